The smallest absolute Gasteiger partial charge is 0.166 e. The van der Waals surface area contributed by atoms with Gasteiger partial charge in [-0.1, -0.05) is 18.1 Å². The van der Waals surface area contributed by atoms with Crippen molar-refractivity contribution in [2.75, 3.05) is 0 Å². The van der Waals surface area contributed by atoms with Gasteiger partial charge in [0.1, 0.15) is 0 Å². The molecule has 0 aliphatic carbocycles. The molecule has 3 heteroatoms. The van der Waals surface area contributed by atoms with Gasteiger partial charge in [-0.2, -0.15) is 13.2 Å². The molecule has 1 unspecified atom stereocenters. The zero-order valence-electron chi connectivity index (χ0n) is 7.60. The van der Waals surface area contributed by atoms with Crippen LogP contribution in [0, 0.1) is 12.3 Å². The number of halogens is 3. The van der Waals surface area contributed by atoms with Gasteiger partial charge in [-0.25, -0.2) is 0 Å². The molecule has 1 atom stereocenters. The van der Waals surface area contributed by atoms with Crippen LogP contribution in [0.4, 0.5) is 13.2 Å². The molecule has 0 amide bonds. The molecule has 0 bridgehead atoms. The highest BCUT2D eigenvalue weighted by Crippen LogP contribution is 2.29. The fourth-order valence-electron chi connectivity index (χ4n) is 1.06. The van der Waals surface area contributed by atoms with Crippen LogP contribution < -0.4 is 0 Å². The SMILES string of the molecule is C#CC(C)c1ccc(C(F)(F)F)cc1. The van der Waals surface area contributed by atoms with E-state index in [1.807, 2.05) is 0 Å². The summed E-state index contributed by atoms with van der Waals surface area (Å²) in [4.78, 5) is 0. The number of hydrogen-bond donors (Lipinski definition) is 0. The highest BCUT2D eigenvalue weighted by atomic mass is 19.4. The van der Waals surface area contributed by atoms with E-state index >= 15 is 0 Å². The van der Waals surface area contributed by atoms with Crippen LogP contribution in [0.2, 0.25) is 0 Å². The first kappa shape index (κ1) is 10.6. The van der Waals surface area contributed by atoms with Crippen LogP contribution in [0.1, 0.15) is 24.0 Å². The van der Waals surface area contributed by atoms with Gasteiger partial charge in [-0.05, 0) is 24.6 Å². The number of alkyl halides is 3. The average Bonchev–Trinajstić information content (AvgIpc) is 2.15. The molecule has 0 aromatic heterocycles. The maximum atomic E-state index is 12.2. The summed E-state index contributed by atoms with van der Waals surface area (Å²) < 4.78 is 36.5. The maximum Gasteiger partial charge on any atom is 0.416 e. The summed E-state index contributed by atoms with van der Waals surface area (Å²) in [5.74, 6) is 2.30. The topological polar surface area (TPSA) is 0 Å². The van der Waals surface area contributed by atoms with Gasteiger partial charge in [-0.3, -0.25) is 0 Å². The van der Waals surface area contributed by atoms with Crippen molar-refractivity contribution >= 4 is 0 Å². The molecule has 0 aliphatic heterocycles. The Labute approximate surface area is 80.8 Å². The third-order valence-electron chi connectivity index (χ3n) is 1.99. The van der Waals surface area contributed by atoms with Crippen LogP contribution in [0.15, 0.2) is 24.3 Å². The fourth-order valence-corrected chi connectivity index (χ4v) is 1.06. The third kappa shape index (κ3) is 2.29. The maximum absolute atomic E-state index is 12.2. The molecule has 74 valence electrons. The lowest BCUT2D eigenvalue weighted by molar-refractivity contribution is -0.137. The number of hydrogen-bond acceptors (Lipinski definition) is 0. The molecular formula is C11H9F3. The lowest BCUT2D eigenvalue weighted by Gasteiger charge is -2.08. The first-order valence-corrected chi connectivity index (χ1v) is 4.08. The molecule has 1 aromatic rings. The summed E-state index contributed by atoms with van der Waals surface area (Å²) in [5.41, 5.74) is 0.0750. The second-order valence-corrected chi connectivity index (χ2v) is 3.01. The Balaban J connectivity index is 2.96. The van der Waals surface area contributed by atoms with E-state index in [2.05, 4.69) is 5.92 Å². The van der Waals surface area contributed by atoms with Crippen molar-refractivity contribution in [2.45, 2.75) is 19.0 Å². The Morgan fingerprint density at radius 1 is 1.21 bits per heavy atom. The van der Waals surface area contributed by atoms with Crippen LogP contribution in [0.3, 0.4) is 0 Å². The quantitative estimate of drug-likeness (QED) is 0.606. The van der Waals surface area contributed by atoms with Gasteiger partial charge >= 0.3 is 6.18 Å². The number of benzene rings is 1. The molecule has 1 aromatic carbocycles. The molecule has 0 fully saturated rings. The van der Waals surface area contributed by atoms with E-state index in [1.54, 1.807) is 6.92 Å². The normalized spacial score (nSPS) is 13.4. The molecule has 0 saturated heterocycles. The molecule has 0 N–H and O–H groups in total. The Kier molecular flexibility index (Phi) is 2.85. The highest BCUT2D eigenvalue weighted by molar-refractivity contribution is 5.30. The van der Waals surface area contributed by atoms with Crippen LogP contribution in [0.5, 0.6) is 0 Å². The molecule has 1 rings (SSSR count). The molecular weight excluding hydrogens is 189 g/mol. The van der Waals surface area contributed by atoms with Crippen LogP contribution in [0.25, 0.3) is 0 Å². The minimum absolute atomic E-state index is 0.155. The van der Waals surface area contributed by atoms with Gasteiger partial charge in [0, 0.05) is 5.92 Å². The highest BCUT2D eigenvalue weighted by Gasteiger charge is 2.29. The van der Waals surface area contributed by atoms with Crippen molar-refractivity contribution in [1.29, 1.82) is 0 Å². The van der Waals surface area contributed by atoms with Crippen molar-refractivity contribution in [2.24, 2.45) is 0 Å². The predicted octanol–water partition coefficient (Wildman–Crippen LogP) is 3.44. The van der Waals surface area contributed by atoms with E-state index in [9.17, 15) is 13.2 Å². The van der Waals surface area contributed by atoms with Crippen molar-refractivity contribution in [3.63, 3.8) is 0 Å². The number of terminal acetylenes is 1. The number of rotatable bonds is 1. The molecule has 0 radical (unpaired) electrons. The van der Waals surface area contributed by atoms with Crippen molar-refractivity contribution in [3.8, 4) is 12.3 Å². The molecule has 0 spiro atoms. The molecule has 0 heterocycles. The minimum Gasteiger partial charge on any atom is -0.166 e. The first-order chi connectivity index (χ1) is 6.45. The Bertz CT molecular complexity index is 340. The van der Waals surface area contributed by atoms with Crippen molar-refractivity contribution in [3.05, 3.63) is 35.4 Å². The Hall–Kier alpha value is -1.43. The van der Waals surface area contributed by atoms with E-state index in [1.165, 1.54) is 12.1 Å². The van der Waals surface area contributed by atoms with Gasteiger partial charge in [0.05, 0.1) is 5.56 Å². The van der Waals surface area contributed by atoms with Gasteiger partial charge in [-0.15, -0.1) is 6.42 Å². The third-order valence-corrected chi connectivity index (χ3v) is 1.99. The molecule has 14 heavy (non-hydrogen) atoms. The summed E-state index contributed by atoms with van der Waals surface area (Å²) in [6.07, 6.45) is 0.876. The van der Waals surface area contributed by atoms with Gasteiger partial charge in [0.2, 0.25) is 0 Å². The van der Waals surface area contributed by atoms with Crippen LogP contribution in [-0.4, -0.2) is 0 Å². The van der Waals surface area contributed by atoms with E-state index in [0.717, 1.165) is 17.7 Å². The van der Waals surface area contributed by atoms with E-state index in [4.69, 9.17) is 6.42 Å². The van der Waals surface area contributed by atoms with E-state index in [-0.39, 0.29) is 5.92 Å². The minimum atomic E-state index is -4.28. The Morgan fingerprint density at radius 3 is 2.07 bits per heavy atom. The molecule has 0 aliphatic rings. The van der Waals surface area contributed by atoms with Gasteiger partial charge in [0.15, 0.2) is 0 Å². The summed E-state index contributed by atoms with van der Waals surface area (Å²) in [6, 6.07) is 4.91. The van der Waals surface area contributed by atoms with E-state index < -0.39 is 11.7 Å². The monoisotopic (exact) mass is 198 g/mol. The van der Waals surface area contributed by atoms with Crippen LogP contribution >= 0.6 is 0 Å². The fraction of sp³-hybridized carbons (Fsp3) is 0.273. The summed E-state index contributed by atoms with van der Waals surface area (Å²) in [7, 11) is 0. The lowest BCUT2D eigenvalue weighted by atomic mass is 10.0. The van der Waals surface area contributed by atoms with Gasteiger partial charge in [0.25, 0.3) is 0 Å². The zero-order valence-corrected chi connectivity index (χ0v) is 7.60. The Morgan fingerprint density at radius 2 is 1.71 bits per heavy atom. The summed E-state index contributed by atoms with van der Waals surface area (Å²) in [5, 5.41) is 0. The van der Waals surface area contributed by atoms with Gasteiger partial charge < -0.3 is 0 Å². The molecule has 0 nitrogen and oxygen atoms in total. The molecule has 0 saturated carbocycles. The average molecular weight is 198 g/mol. The second kappa shape index (κ2) is 3.75. The largest absolute Gasteiger partial charge is 0.416 e. The standard InChI is InChI=1S/C11H9F3/c1-3-8(2)9-4-6-10(7-5-9)11(12,13)14/h1,4-8H,2H3. The second-order valence-electron chi connectivity index (χ2n) is 3.01. The summed E-state index contributed by atoms with van der Waals surface area (Å²) in [6.45, 7) is 1.77. The van der Waals surface area contributed by atoms with Crippen LogP contribution in [-0.2, 0) is 6.18 Å². The first-order valence-electron chi connectivity index (χ1n) is 4.08. The van der Waals surface area contributed by atoms with E-state index in [0.29, 0.717) is 0 Å². The summed E-state index contributed by atoms with van der Waals surface area (Å²) >= 11 is 0. The van der Waals surface area contributed by atoms with Crippen molar-refractivity contribution < 1.29 is 13.2 Å². The van der Waals surface area contributed by atoms with Crippen molar-refractivity contribution in [1.82, 2.24) is 0 Å². The lowest BCUT2D eigenvalue weighted by Crippen LogP contribution is -2.04. The predicted molar refractivity (Wildman–Crippen MR) is 48.7 cm³/mol. The zero-order chi connectivity index (χ0) is 10.8.